The predicted octanol–water partition coefficient (Wildman–Crippen LogP) is 4.57. The van der Waals surface area contributed by atoms with Crippen LogP contribution in [0.25, 0.3) is 0 Å². The zero-order valence-corrected chi connectivity index (χ0v) is 44.0. The lowest BCUT2D eigenvalue weighted by Gasteiger charge is -2.68. The number of benzene rings is 3. The number of fused-ring (bicyclic) bond motifs is 5. The maximum atomic E-state index is 16.5. The minimum Gasteiger partial charge on any atom is -0.455 e. The van der Waals surface area contributed by atoms with Crippen LogP contribution in [-0.2, 0) is 80.9 Å². The summed E-state index contributed by atoms with van der Waals surface area (Å²) in [5, 5.41) is 17.1. The van der Waals surface area contributed by atoms with Crippen LogP contribution in [0.15, 0.2) is 102 Å². The first-order valence-electron chi connectivity index (χ1n) is 25.1. The molecule has 1 amide bonds. The van der Waals surface area contributed by atoms with E-state index in [1.807, 2.05) is 0 Å². The fourth-order valence-corrected chi connectivity index (χ4v) is 11.8. The molecule has 412 valence electrons. The van der Waals surface area contributed by atoms with Gasteiger partial charge in [-0.25, -0.2) is 9.59 Å². The van der Waals surface area contributed by atoms with Gasteiger partial charge in [-0.05, 0) is 54.8 Å². The number of methoxy groups -OCH3 is 1. The number of hydrogen-bond donors (Lipinski definition) is 2. The Kier molecular flexibility index (Phi) is 16.3. The van der Waals surface area contributed by atoms with Crippen molar-refractivity contribution >= 4 is 47.5 Å². The van der Waals surface area contributed by atoms with E-state index in [2.05, 4.69) is 5.32 Å². The Morgan fingerprint density at radius 2 is 1.35 bits per heavy atom. The molecule has 77 heavy (non-hydrogen) atoms. The van der Waals surface area contributed by atoms with Crippen molar-refractivity contribution in [2.75, 3.05) is 20.3 Å². The average molecular weight is 1070 g/mol. The molecule has 3 aliphatic carbocycles. The summed E-state index contributed by atoms with van der Waals surface area (Å²) in [4.78, 5) is 112. The summed E-state index contributed by atoms with van der Waals surface area (Å²) in [6, 6.07) is 22.7. The highest BCUT2D eigenvalue weighted by Gasteiger charge is 2.79. The first-order valence-corrected chi connectivity index (χ1v) is 25.1. The van der Waals surface area contributed by atoms with Gasteiger partial charge in [0, 0.05) is 58.6 Å². The molecule has 2 heterocycles. The molecule has 3 aromatic rings. The monoisotopic (exact) mass is 1070 g/mol. The number of amides is 1. The number of nitrogens with one attached hydrogen (secondary N) is 1. The molecule has 2 saturated carbocycles. The van der Waals surface area contributed by atoms with Crippen molar-refractivity contribution in [2.24, 2.45) is 16.7 Å². The summed E-state index contributed by atoms with van der Waals surface area (Å²) >= 11 is 0. The van der Waals surface area contributed by atoms with Gasteiger partial charge in [-0.15, -0.1) is 0 Å². The quantitative estimate of drug-likeness (QED) is 0.120. The van der Waals surface area contributed by atoms with Gasteiger partial charge in [0.15, 0.2) is 17.5 Å². The number of hydrogen-bond acceptors (Lipinski definition) is 20. The zero-order chi connectivity index (χ0) is 55.8. The molecule has 2 aliphatic heterocycles. The number of rotatable bonds is 15. The van der Waals surface area contributed by atoms with Gasteiger partial charge in [0.25, 0.3) is 5.91 Å². The molecule has 8 rings (SSSR count). The molecule has 14 atom stereocenters. The summed E-state index contributed by atoms with van der Waals surface area (Å²) in [6.07, 6.45) is -14.8. The largest absolute Gasteiger partial charge is 0.455 e. The number of carbonyl (C=O) groups is 8. The smallest absolute Gasteiger partial charge is 0.350 e. The van der Waals surface area contributed by atoms with Gasteiger partial charge in [-0.2, -0.15) is 0 Å². The molecule has 2 saturated heterocycles. The van der Waals surface area contributed by atoms with Crippen LogP contribution < -0.4 is 5.32 Å². The molecule has 21 heteroatoms. The van der Waals surface area contributed by atoms with Crippen LogP contribution >= 0.6 is 0 Å². The highest BCUT2D eigenvalue weighted by atomic mass is 16.8. The van der Waals surface area contributed by atoms with Crippen LogP contribution in [0.1, 0.15) is 101 Å². The highest BCUT2D eigenvalue weighted by Crippen LogP contribution is 2.65. The maximum Gasteiger partial charge on any atom is 0.350 e. The molecule has 0 aromatic heterocycles. The second kappa shape index (κ2) is 22.2. The number of ether oxygens (including phenoxy) is 11. The summed E-state index contributed by atoms with van der Waals surface area (Å²) in [7, 11) is 1.28. The number of carbonyl (C=O) groups excluding carboxylic acids is 8. The molecule has 3 aromatic carbocycles. The van der Waals surface area contributed by atoms with Gasteiger partial charge in [0.2, 0.25) is 25.0 Å². The molecular formula is C56H63NO20. The Hall–Kier alpha value is -6.88. The molecule has 5 aliphatic rings. The van der Waals surface area contributed by atoms with Crippen molar-refractivity contribution in [1.82, 2.24) is 5.32 Å². The fourth-order valence-electron chi connectivity index (χ4n) is 11.8. The van der Waals surface area contributed by atoms with E-state index in [4.69, 9.17) is 52.1 Å². The first kappa shape index (κ1) is 56.3. The minimum atomic E-state index is -2.52. The van der Waals surface area contributed by atoms with Crippen molar-refractivity contribution < 1.29 is 95.6 Å². The number of ketones is 1. The Balaban J connectivity index is 1.32. The Morgan fingerprint density at radius 3 is 1.91 bits per heavy atom. The van der Waals surface area contributed by atoms with Crippen LogP contribution in [-0.4, -0.2) is 140 Å². The SMILES string of the molecule is COC1OC(OC(C)=O)CO[C@H]1O[C@H]1C[C@H]2OC[C@@]2(OC(C)=O)C2C(OC(=O)c3ccccc3)[C@]3(O)C[C@H](OC(=O)[C@H](OC(C)=O)[C@@H](NC(=O)c4ccccc4)c4ccccc4)C(C)=C([C@@H](OC(C)=O)C(=O)[C@@]21C)C3(C)C. The fraction of sp³-hybridized carbons (Fsp3) is 0.500. The summed E-state index contributed by atoms with van der Waals surface area (Å²) in [6.45, 7) is 9.78. The second-order valence-corrected chi connectivity index (χ2v) is 20.5. The lowest BCUT2D eigenvalue weighted by atomic mass is 9.44. The van der Waals surface area contributed by atoms with Crippen molar-refractivity contribution in [3.8, 4) is 0 Å². The Bertz CT molecular complexity index is 2790. The molecule has 4 fully saturated rings. The summed E-state index contributed by atoms with van der Waals surface area (Å²) in [5.74, 6) is -8.76. The van der Waals surface area contributed by atoms with Gasteiger partial charge in [0.05, 0.1) is 29.6 Å². The van der Waals surface area contributed by atoms with Crippen LogP contribution in [0.3, 0.4) is 0 Å². The van der Waals surface area contributed by atoms with E-state index < -0.39 is 143 Å². The standard InChI is InChI=1S/C56H63NO20/c1-29-37(73-50(65)44(72-32(4)60)42(34-19-13-10-14-20-34)57-48(63)35-21-15-11-16-22-35)26-56(66)47(76-49(64)36-23-17-12-18-24-36)45-54(8,46(62)43(71-31(3)59)41(29)53(56,6)7)38(25-39-55(45,28-69-39)77-33(5)61)74-52-51(67-9)75-40(27-68-52)70-30(2)58/h10-24,37-40,42-45,47,51-52,66H,25-28H2,1-9H3,(H,57,63)/t37-,38-,39+,40?,42-,43+,44+,45?,47?,51?,52-,54+,55-,56+/m0/s1. The third-order valence-electron chi connectivity index (χ3n) is 15.5. The molecular weight excluding hydrogens is 1010 g/mol. The third kappa shape index (κ3) is 10.6. The predicted molar refractivity (Wildman–Crippen MR) is 263 cm³/mol. The van der Waals surface area contributed by atoms with E-state index in [-0.39, 0.29) is 41.9 Å². The minimum absolute atomic E-state index is 0.0193. The number of esters is 6. The van der Waals surface area contributed by atoms with Gasteiger partial charge >= 0.3 is 35.8 Å². The van der Waals surface area contributed by atoms with E-state index >= 15 is 9.59 Å². The molecule has 0 spiro atoms. The van der Waals surface area contributed by atoms with E-state index in [0.29, 0.717) is 5.56 Å². The third-order valence-corrected chi connectivity index (χ3v) is 15.5. The molecule has 4 unspecified atom stereocenters. The topological polar surface area (TPSA) is 270 Å². The Labute approximate surface area is 444 Å². The van der Waals surface area contributed by atoms with Crippen molar-refractivity contribution in [2.45, 2.75) is 141 Å². The normalized spacial score (nSPS) is 31.9. The van der Waals surface area contributed by atoms with E-state index in [1.54, 1.807) is 92.7 Å². The van der Waals surface area contributed by atoms with Gasteiger partial charge in [-0.1, -0.05) is 80.6 Å². The molecule has 2 bridgehead atoms. The Morgan fingerprint density at radius 1 is 0.740 bits per heavy atom. The number of Topliss-reactive ketones (excluding diaryl/α,β-unsaturated/α-hetero) is 1. The lowest BCUT2D eigenvalue weighted by molar-refractivity contribution is -0.397. The summed E-state index contributed by atoms with van der Waals surface area (Å²) in [5.41, 5.74) is -7.72. The van der Waals surface area contributed by atoms with E-state index in [1.165, 1.54) is 40.0 Å². The van der Waals surface area contributed by atoms with Gasteiger partial charge in [0.1, 0.15) is 36.6 Å². The first-order chi connectivity index (χ1) is 36.5. The van der Waals surface area contributed by atoms with Crippen LogP contribution in [0.2, 0.25) is 0 Å². The molecule has 21 nitrogen and oxygen atoms in total. The summed E-state index contributed by atoms with van der Waals surface area (Å²) < 4.78 is 66.7. The van der Waals surface area contributed by atoms with Crippen LogP contribution in [0, 0.1) is 16.7 Å². The second-order valence-electron chi connectivity index (χ2n) is 20.5. The van der Waals surface area contributed by atoms with E-state index in [0.717, 1.165) is 20.8 Å². The van der Waals surface area contributed by atoms with Crippen LogP contribution in [0.5, 0.6) is 0 Å². The zero-order valence-electron chi connectivity index (χ0n) is 44.0. The molecule has 2 N–H and O–H groups in total. The highest BCUT2D eigenvalue weighted by molar-refractivity contribution is 5.96. The number of aliphatic hydroxyl groups is 1. The van der Waals surface area contributed by atoms with Crippen LogP contribution in [0.4, 0.5) is 0 Å². The maximum absolute atomic E-state index is 16.5. The van der Waals surface area contributed by atoms with Gasteiger partial charge in [-0.3, -0.25) is 28.8 Å². The van der Waals surface area contributed by atoms with Crippen molar-refractivity contribution in [1.29, 1.82) is 0 Å². The lowest BCUT2D eigenvalue weighted by Crippen LogP contribution is -2.82. The van der Waals surface area contributed by atoms with Gasteiger partial charge < -0.3 is 62.5 Å². The van der Waals surface area contributed by atoms with Crippen molar-refractivity contribution in [3.63, 3.8) is 0 Å². The molecule has 0 radical (unpaired) electrons. The average Bonchev–Trinajstić information content (AvgIpc) is 3.38. The van der Waals surface area contributed by atoms with E-state index in [9.17, 15) is 33.9 Å². The van der Waals surface area contributed by atoms with Crippen molar-refractivity contribution in [3.05, 3.63) is 119 Å².